The predicted octanol–water partition coefficient (Wildman–Crippen LogP) is 1.54. The standard InChI is InChI=1S/C16H23N3O2/c1-3-17-9-10-21-13(11-17)12-19-15-8-6-5-7-14(15)18(4-2)16(19)20/h5-8,13H,3-4,9-12H2,1-2H3. The van der Waals surface area contributed by atoms with Gasteiger partial charge in [0, 0.05) is 19.6 Å². The van der Waals surface area contributed by atoms with E-state index in [0.717, 1.165) is 37.3 Å². The Morgan fingerprint density at radius 3 is 2.52 bits per heavy atom. The summed E-state index contributed by atoms with van der Waals surface area (Å²) < 4.78 is 9.54. The lowest BCUT2D eigenvalue weighted by Gasteiger charge is -2.32. The number of fused-ring (bicyclic) bond motifs is 1. The first-order valence-corrected chi connectivity index (χ1v) is 7.76. The van der Waals surface area contributed by atoms with Crippen molar-refractivity contribution in [1.29, 1.82) is 0 Å². The second-order valence-electron chi connectivity index (χ2n) is 5.51. The molecule has 0 amide bonds. The predicted molar refractivity (Wildman–Crippen MR) is 83.7 cm³/mol. The van der Waals surface area contributed by atoms with Gasteiger partial charge in [-0.05, 0) is 25.6 Å². The van der Waals surface area contributed by atoms with Crippen molar-refractivity contribution in [2.75, 3.05) is 26.2 Å². The number of benzene rings is 1. The van der Waals surface area contributed by atoms with Gasteiger partial charge in [0.15, 0.2) is 0 Å². The Hall–Kier alpha value is -1.59. The van der Waals surface area contributed by atoms with Crippen LogP contribution in [0.25, 0.3) is 11.0 Å². The lowest BCUT2D eigenvalue weighted by atomic mass is 10.2. The fraction of sp³-hybridized carbons (Fsp3) is 0.562. The van der Waals surface area contributed by atoms with E-state index in [4.69, 9.17) is 4.74 Å². The maximum Gasteiger partial charge on any atom is 0.329 e. The van der Waals surface area contributed by atoms with Crippen LogP contribution >= 0.6 is 0 Å². The van der Waals surface area contributed by atoms with E-state index < -0.39 is 0 Å². The molecule has 5 heteroatoms. The van der Waals surface area contributed by atoms with Crippen molar-refractivity contribution >= 4 is 11.0 Å². The van der Waals surface area contributed by atoms with Crippen LogP contribution in [0.4, 0.5) is 0 Å². The first kappa shape index (κ1) is 14.4. The van der Waals surface area contributed by atoms with Gasteiger partial charge in [-0.3, -0.25) is 14.0 Å². The van der Waals surface area contributed by atoms with Crippen LogP contribution in [0.1, 0.15) is 13.8 Å². The average Bonchev–Trinajstić information content (AvgIpc) is 2.79. The van der Waals surface area contributed by atoms with Gasteiger partial charge in [-0.25, -0.2) is 4.79 Å². The summed E-state index contributed by atoms with van der Waals surface area (Å²) in [6.45, 7) is 9.16. The molecule has 114 valence electrons. The van der Waals surface area contributed by atoms with Gasteiger partial charge in [-0.2, -0.15) is 0 Å². The van der Waals surface area contributed by atoms with Crippen LogP contribution in [0.15, 0.2) is 29.1 Å². The number of hydrogen-bond acceptors (Lipinski definition) is 3. The van der Waals surface area contributed by atoms with E-state index in [2.05, 4.69) is 11.8 Å². The molecule has 0 radical (unpaired) electrons. The molecule has 0 aliphatic carbocycles. The fourth-order valence-electron chi connectivity index (χ4n) is 3.14. The van der Waals surface area contributed by atoms with Crippen molar-refractivity contribution in [3.05, 3.63) is 34.7 Å². The number of aromatic nitrogens is 2. The first-order chi connectivity index (χ1) is 10.2. The summed E-state index contributed by atoms with van der Waals surface area (Å²) in [7, 11) is 0. The molecule has 1 unspecified atom stereocenters. The van der Waals surface area contributed by atoms with E-state index >= 15 is 0 Å². The van der Waals surface area contributed by atoms with Crippen LogP contribution < -0.4 is 5.69 Å². The number of ether oxygens (including phenoxy) is 1. The number of rotatable bonds is 4. The third kappa shape index (κ3) is 2.63. The van der Waals surface area contributed by atoms with Gasteiger partial charge >= 0.3 is 5.69 Å². The Kier molecular flexibility index (Phi) is 4.12. The van der Waals surface area contributed by atoms with Gasteiger partial charge in [0.1, 0.15) is 0 Å². The van der Waals surface area contributed by atoms with Crippen LogP contribution in [0, 0.1) is 0 Å². The molecule has 0 saturated carbocycles. The van der Waals surface area contributed by atoms with Crippen LogP contribution in [-0.4, -0.2) is 46.4 Å². The molecule has 0 spiro atoms. The van der Waals surface area contributed by atoms with Crippen molar-refractivity contribution < 1.29 is 4.74 Å². The minimum Gasteiger partial charge on any atom is -0.374 e. The molecule has 2 aromatic rings. The highest BCUT2D eigenvalue weighted by Gasteiger charge is 2.22. The summed E-state index contributed by atoms with van der Waals surface area (Å²) in [5.41, 5.74) is 2.07. The molecule has 0 N–H and O–H groups in total. The van der Waals surface area contributed by atoms with Crippen LogP contribution in [0.2, 0.25) is 0 Å². The summed E-state index contributed by atoms with van der Waals surface area (Å²) in [6.07, 6.45) is 0.0903. The van der Waals surface area contributed by atoms with Crippen LogP contribution in [0.3, 0.4) is 0 Å². The van der Waals surface area contributed by atoms with Gasteiger partial charge in [-0.1, -0.05) is 19.1 Å². The summed E-state index contributed by atoms with van der Waals surface area (Å²) >= 11 is 0. The van der Waals surface area contributed by atoms with E-state index in [1.165, 1.54) is 0 Å². The first-order valence-electron chi connectivity index (χ1n) is 7.76. The third-order valence-corrected chi connectivity index (χ3v) is 4.30. The van der Waals surface area contributed by atoms with Crippen molar-refractivity contribution in [1.82, 2.24) is 14.0 Å². The Morgan fingerprint density at radius 2 is 1.86 bits per heavy atom. The zero-order chi connectivity index (χ0) is 14.8. The minimum atomic E-state index is 0.0657. The molecule has 2 heterocycles. The van der Waals surface area contributed by atoms with Crippen LogP contribution in [-0.2, 0) is 17.8 Å². The van der Waals surface area contributed by atoms with E-state index in [0.29, 0.717) is 13.1 Å². The number of para-hydroxylation sites is 2. The zero-order valence-electron chi connectivity index (χ0n) is 12.8. The molecular weight excluding hydrogens is 266 g/mol. The maximum atomic E-state index is 12.6. The molecule has 1 atom stereocenters. The van der Waals surface area contributed by atoms with Gasteiger partial charge < -0.3 is 4.74 Å². The Balaban J connectivity index is 1.93. The van der Waals surface area contributed by atoms with Crippen molar-refractivity contribution in [2.45, 2.75) is 33.0 Å². The van der Waals surface area contributed by atoms with Gasteiger partial charge in [0.25, 0.3) is 0 Å². The lowest BCUT2D eigenvalue weighted by molar-refractivity contribution is -0.0342. The number of morpholine rings is 1. The Labute approximate surface area is 124 Å². The number of nitrogens with zero attached hydrogens (tertiary/aromatic N) is 3. The summed E-state index contributed by atoms with van der Waals surface area (Å²) in [5.74, 6) is 0. The molecule has 1 aliphatic heterocycles. The zero-order valence-corrected chi connectivity index (χ0v) is 12.8. The second kappa shape index (κ2) is 6.03. The van der Waals surface area contributed by atoms with Crippen molar-refractivity contribution in [2.24, 2.45) is 0 Å². The van der Waals surface area contributed by atoms with E-state index in [1.54, 1.807) is 0 Å². The molecule has 1 saturated heterocycles. The summed E-state index contributed by atoms with van der Waals surface area (Å²) in [4.78, 5) is 15.0. The highest BCUT2D eigenvalue weighted by Crippen LogP contribution is 2.15. The fourth-order valence-corrected chi connectivity index (χ4v) is 3.14. The van der Waals surface area contributed by atoms with Gasteiger partial charge in [0.2, 0.25) is 0 Å². The van der Waals surface area contributed by atoms with Gasteiger partial charge in [0.05, 0.1) is 30.3 Å². The quantitative estimate of drug-likeness (QED) is 0.857. The normalized spacial score (nSPS) is 20.2. The maximum absolute atomic E-state index is 12.6. The molecule has 3 rings (SSSR count). The molecule has 21 heavy (non-hydrogen) atoms. The lowest BCUT2D eigenvalue weighted by Crippen LogP contribution is -2.45. The van der Waals surface area contributed by atoms with E-state index in [1.807, 2.05) is 40.3 Å². The van der Waals surface area contributed by atoms with E-state index in [9.17, 15) is 4.79 Å². The Morgan fingerprint density at radius 1 is 1.14 bits per heavy atom. The highest BCUT2D eigenvalue weighted by atomic mass is 16.5. The number of aryl methyl sites for hydroxylation is 1. The second-order valence-corrected chi connectivity index (χ2v) is 5.51. The molecule has 1 aromatic heterocycles. The summed E-state index contributed by atoms with van der Waals surface area (Å²) in [6, 6.07) is 7.99. The highest BCUT2D eigenvalue weighted by molar-refractivity contribution is 5.75. The number of hydrogen-bond donors (Lipinski definition) is 0. The number of imidazole rings is 1. The van der Waals surface area contributed by atoms with Crippen LogP contribution in [0.5, 0.6) is 0 Å². The smallest absolute Gasteiger partial charge is 0.329 e. The summed E-state index contributed by atoms with van der Waals surface area (Å²) in [5, 5.41) is 0. The van der Waals surface area contributed by atoms with Crippen molar-refractivity contribution in [3.63, 3.8) is 0 Å². The molecule has 5 nitrogen and oxygen atoms in total. The topological polar surface area (TPSA) is 39.4 Å². The minimum absolute atomic E-state index is 0.0657. The molecule has 1 fully saturated rings. The molecule has 1 aliphatic rings. The SMILES string of the molecule is CCN1CCOC(Cn2c(=O)n(CC)c3ccccc32)C1. The Bertz CT molecular complexity index is 674. The third-order valence-electron chi connectivity index (χ3n) is 4.30. The average molecular weight is 289 g/mol. The number of likely N-dealkylation sites (N-methyl/N-ethyl adjacent to an activating group) is 1. The monoisotopic (exact) mass is 289 g/mol. The van der Waals surface area contributed by atoms with Crippen molar-refractivity contribution in [3.8, 4) is 0 Å². The molecule has 0 bridgehead atoms. The molecular formula is C16H23N3O2. The molecule has 1 aromatic carbocycles. The largest absolute Gasteiger partial charge is 0.374 e. The van der Waals surface area contributed by atoms with Gasteiger partial charge in [-0.15, -0.1) is 0 Å². The van der Waals surface area contributed by atoms with E-state index in [-0.39, 0.29) is 11.8 Å².